The molecule has 3 aliphatic rings. The fourth-order valence-electron chi connectivity index (χ4n) is 11.1. The summed E-state index contributed by atoms with van der Waals surface area (Å²) >= 11 is 0. The van der Waals surface area contributed by atoms with E-state index in [4.69, 9.17) is 0 Å². The van der Waals surface area contributed by atoms with Gasteiger partial charge < -0.3 is 14.7 Å². The van der Waals surface area contributed by atoms with Crippen LogP contribution in [0, 0.1) is 5.92 Å². The van der Waals surface area contributed by atoms with Crippen molar-refractivity contribution in [3.8, 4) is 11.1 Å². The van der Waals surface area contributed by atoms with E-state index in [2.05, 4.69) is 250 Å². The number of hydrogen-bond donors (Lipinski definition) is 0. The molecular formula is C62H57N3. The van der Waals surface area contributed by atoms with Gasteiger partial charge in [-0.2, -0.15) is 0 Å². The molecule has 0 radical (unpaired) electrons. The van der Waals surface area contributed by atoms with Gasteiger partial charge in [0.15, 0.2) is 0 Å². The molecule has 8 aromatic rings. The van der Waals surface area contributed by atoms with Crippen LogP contribution in [0.4, 0.5) is 45.5 Å². The molecule has 2 heterocycles. The third-order valence-electron chi connectivity index (χ3n) is 14.7. The summed E-state index contributed by atoms with van der Waals surface area (Å²) in [7, 11) is 0. The third-order valence-corrected chi connectivity index (χ3v) is 14.7. The van der Waals surface area contributed by atoms with Crippen LogP contribution in [0.1, 0.15) is 82.6 Å². The first kappa shape index (κ1) is 40.7. The highest BCUT2D eigenvalue weighted by atomic mass is 15.2. The number of fused-ring (bicyclic) bond motifs is 5. The minimum Gasteiger partial charge on any atom is -0.311 e. The molecule has 2 aliphatic heterocycles. The Balaban J connectivity index is 1.11. The lowest BCUT2D eigenvalue weighted by Gasteiger charge is -2.51. The molecule has 0 aromatic heterocycles. The average Bonchev–Trinajstić information content (AvgIpc) is 3.35. The first-order valence-electron chi connectivity index (χ1n) is 23.6. The fourth-order valence-corrected chi connectivity index (χ4v) is 11.1. The normalized spacial score (nSPS) is 17.1. The molecule has 2 atom stereocenters. The Bertz CT molecular complexity index is 3120. The molecule has 0 bridgehead atoms. The molecule has 0 spiro atoms. The molecule has 11 rings (SSSR count). The van der Waals surface area contributed by atoms with Crippen molar-refractivity contribution in [2.24, 2.45) is 5.92 Å². The van der Waals surface area contributed by atoms with E-state index in [0.29, 0.717) is 5.92 Å². The van der Waals surface area contributed by atoms with Crippen molar-refractivity contribution in [2.45, 2.75) is 71.1 Å². The second-order valence-corrected chi connectivity index (χ2v) is 19.2. The van der Waals surface area contributed by atoms with E-state index in [-0.39, 0.29) is 10.8 Å². The van der Waals surface area contributed by atoms with E-state index in [0.717, 1.165) is 42.7 Å². The Morgan fingerprint density at radius 1 is 0.508 bits per heavy atom. The van der Waals surface area contributed by atoms with Crippen LogP contribution in [0.2, 0.25) is 0 Å². The second-order valence-electron chi connectivity index (χ2n) is 19.2. The Kier molecular flexibility index (Phi) is 10.1. The molecule has 0 fully saturated rings. The molecule has 2 unspecified atom stereocenters. The van der Waals surface area contributed by atoms with Gasteiger partial charge in [0, 0.05) is 45.0 Å². The number of hydrogen-bond acceptors (Lipinski definition) is 3. The van der Waals surface area contributed by atoms with Gasteiger partial charge in [0.1, 0.15) is 0 Å². The molecule has 320 valence electrons. The summed E-state index contributed by atoms with van der Waals surface area (Å²) in [4.78, 5) is 7.48. The van der Waals surface area contributed by atoms with Crippen LogP contribution in [0.25, 0.3) is 21.9 Å². The summed E-state index contributed by atoms with van der Waals surface area (Å²) in [5.41, 5.74) is 18.3. The molecule has 8 aromatic carbocycles. The van der Waals surface area contributed by atoms with Gasteiger partial charge in [0.25, 0.3) is 0 Å². The summed E-state index contributed by atoms with van der Waals surface area (Å²) in [5.74, 6) is 0.503. The highest BCUT2D eigenvalue weighted by Crippen LogP contribution is 2.63. The van der Waals surface area contributed by atoms with Crippen molar-refractivity contribution in [1.82, 2.24) is 0 Å². The average molecular weight is 844 g/mol. The minimum absolute atomic E-state index is 0.257. The Hall–Kier alpha value is -7.10. The number of para-hydroxylation sites is 3. The van der Waals surface area contributed by atoms with Gasteiger partial charge in [0.2, 0.25) is 0 Å². The lowest BCUT2D eigenvalue weighted by molar-refractivity contribution is 0.393. The summed E-state index contributed by atoms with van der Waals surface area (Å²) in [5, 5.41) is 2.48. The van der Waals surface area contributed by atoms with Crippen molar-refractivity contribution in [1.29, 1.82) is 0 Å². The SMILES string of the molecule is CCC(C)CC1(C)c2cc(-c3ccc(N(C4=CCCC=C4)c4ccccc4)cc3)ccc2N2c3ccccc3C(C)(C)c3cc(N(c4ccccc4)c4ccc5ccccc5c4)cc1c32. The van der Waals surface area contributed by atoms with Crippen molar-refractivity contribution >= 4 is 56.3 Å². The van der Waals surface area contributed by atoms with Crippen molar-refractivity contribution in [3.63, 3.8) is 0 Å². The molecule has 0 saturated heterocycles. The van der Waals surface area contributed by atoms with Gasteiger partial charge >= 0.3 is 0 Å². The predicted octanol–water partition coefficient (Wildman–Crippen LogP) is 17.5. The zero-order valence-electron chi connectivity index (χ0n) is 38.3. The van der Waals surface area contributed by atoms with Crippen molar-refractivity contribution in [2.75, 3.05) is 14.7 Å². The summed E-state index contributed by atoms with van der Waals surface area (Å²) in [6.07, 6.45) is 11.2. The van der Waals surface area contributed by atoms with Gasteiger partial charge in [-0.1, -0.05) is 156 Å². The van der Waals surface area contributed by atoms with Crippen LogP contribution in [-0.2, 0) is 10.8 Å². The maximum absolute atomic E-state index is 2.61. The van der Waals surface area contributed by atoms with Crippen LogP contribution in [-0.4, -0.2) is 0 Å². The lowest BCUT2D eigenvalue weighted by Crippen LogP contribution is -2.40. The van der Waals surface area contributed by atoms with Crippen LogP contribution in [0.3, 0.4) is 0 Å². The van der Waals surface area contributed by atoms with E-state index in [1.165, 1.54) is 78.3 Å². The first-order valence-corrected chi connectivity index (χ1v) is 23.6. The van der Waals surface area contributed by atoms with Crippen molar-refractivity contribution < 1.29 is 0 Å². The topological polar surface area (TPSA) is 9.72 Å². The third kappa shape index (κ3) is 6.88. The number of nitrogens with zero attached hydrogens (tertiary/aromatic N) is 3. The molecular weight excluding hydrogens is 787 g/mol. The Morgan fingerprint density at radius 2 is 1.12 bits per heavy atom. The van der Waals surface area contributed by atoms with Gasteiger partial charge in [-0.25, -0.2) is 0 Å². The number of anilines is 8. The Morgan fingerprint density at radius 3 is 1.85 bits per heavy atom. The number of rotatable bonds is 10. The molecule has 1 aliphatic carbocycles. The molecule has 3 heteroatoms. The fraction of sp³-hybridized carbons (Fsp3) is 0.194. The zero-order chi connectivity index (χ0) is 44.3. The molecule has 65 heavy (non-hydrogen) atoms. The van der Waals surface area contributed by atoms with Gasteiger partial charge in [-0.3, -0.25) is 0 Å². The van der Waals surface area contributed by atoms with E-state index in [1.54, 1.807) is 0 Å². The number of benzene rings is 8. The quantitative estimate of drug-likeness (QED) is 0.136. The highest BCUT2D eigenvalue weighted by molar-refractivity contribution is 5.96. The van der Waals surface area contributed by atoms with E-state index in [1.807, 2.05) is 0 Å². The summed E-state index contributed by atoms with van der Waals surface area (Å²) in [6, 6.07) is 68.0. The van der Waals surface area contributed by atoms with E-state index >= 15 is 0 Å². The molecule has 0 amide bonds. The molecule has 3 nitrogen and oxygen atoms in total. The van der Waals surface area contributed by atoms with Crippen LogP contribution in [0.5, 0.6) is 0 Å². The van der Waals surface area contributed by atoms with Gasteiger partial charge in [-0.05, 0) is 154 Å². The van der Waals surface area contributed by atoms with E-state index in [9.17, 15) is 0 Å². The van der Waals surface area contributed by atoms with Crippen LogP contribution in [0.15, 0.2) is 206 Å². The van der Waals surface area contributed by atoms with Gasteiger partial charge in [-0.15, -0.1) is 0 Å². The first-order chi connectivity index (χ1) is 31.7. The Labute approximate surface area is 385 Å². The largest absolute Gasteiger partial charge is 0.311 e. The predicted molar refractivity (Wildman–Crippen MR) is 276 cm³/mol. The minimum atomic E-state index is -0.296. The highest BCUT2D eigenvalue weighted by Gasteiger charge is 2.48. The maximum Gasteiger partial charge on any atom is 0.0545 e. The van der Waals surface area contributed by atoms with Crippen molar-refractivity contribution in [3.05, 3.63) is 228 Å². The molecule has 0 saturated carbocycles. The van der Waals surface area contributed by atoms with Crippen LogP contribution < -0.4 is 14.7 Å². The zero-order valence-corrected chi connectivity index (χ0v) is 38.3. The van der Waals surface area contributed by atoms with Gasteiger partial charge in [0.05, 0.1) is 17.1 Å². The molecule has 0 N–H and O–H groups in total. The maximum atomic E-state index is 2.61. The summed E-state index contributed by atoms with van der Waals surface area (Å²) in [6.45, 7) is 12.2. The standard InChI is InChI=1S/C62H57N3/c1-6-43(2)42-62(5)55-39-47(45-30-34-51(35-31-45)63(48-22-10-7-11-23-48)49-24-12-8-13-25-49)33-37-59(55)65-58-29-19-18-28-54(58)61(3,4)56-40-53(41-57(62)60(56)65)64(50-26-14-9-15-27-50)52-36-32-44-20-16-17-21-46(44)38-52/h7,9-12,14-41,43H,6,8,13,42H2,1-5H3. The lowest BCUT2D eigenvalue weighted by atomic mass is 9.63. The van der Waals surface area contributed by atoms with Crippen LogP contribution >= 0.6 is 0 Å². The smallest absolute Gasteiger partial charge is 0.0545 e. The monoisotopic (exact) mass is 843 g/mol. The summed E-state index contributed by atoms with van der Waals surface area (Å²) < 4.78 is 0. The second kappa shape index (κ2) is 16.2. The number of allylic oxidation sites excluding steroid dienone is 3. The van der Waals surface area contributed by atoms with E-state index < -0.39 is 0 Å².